The molecule has 0 bridgehead atoms. The number of hydrogen-bond donors (Lipinski definition) is 1. The van der Waals surface area contributed by atoms with E-state index in [-0.39, 0.29) is 5.41 Å². The smallest absolute Gasteiger partial charge is 0.0621 e. The summed E-state index contributed by atoms with van der Waals surface area (Å²) < 4.78 is 1.10. The maximum Gasteiger partial charge on any atom is 0.0621 e. The number of hydrogen-bond acceptors (Lipinski definition) is 2. The van der Waals surface area contributed by atoms with Crippen molar-refractivity contribution in [3.63, 3.8) is 0 Å². The fraction of sp³-hybridized carbons (Fsp3) is 0.533. The van der Waals surface area contributed by atoms with Crippen LogP contribution < -0.4 is 5.32 Å². The summed E-state index contributed by atoms with van der Waals surface area (Å²) in [5.74, 6) is 0. The van der Waals surface area contributed by atoms with Crippen molar-refractivity contribution in [2.24, 2.45) is 5.41 Å². The lowest BCUT2D eigenvalue weighted by Gasteiger charge is -2.26. The van der Waals surface area contributed by atoms with Gasteiger partial charge in [-0.05, 0) is 36.5 Å². The summed E-state index contributed by atoms with van der Waals surface area (Å²) in [4.78, 5) is 0. The molecular formula is C15H21BrN2. The van der Waals surface area contributed by atoms with Gasteiger partial charge in [0.05, 0.1) is 6.07 Å². The molecule has 0 fully saturated rings. The van der Waals surface area contributed by atoms with E-state index < -0.39 is 0 Å². The van der Waals surface area contributed by atoms with Crippen molar-refractivity contribution in [3.8, 4) is 6.07 Å². The molecule has 0 spiro atoms. The van der Waals surface area contributed by atoms with Crippen LogP contribution in [0.4, 0.5) is 0 Å². The summed E-state index contributed by atoms with van der Waals surface area (Å²) in [5, 5.41) is 12.2. The third kappa shape index (κ3) is 5.20. The zero-order valence-corrected chi connectivity index (χ0v) is 12.9. The fourth-order valence-corrected chi connectivity index (χ4v) is 2.05. The van der Waals surface area contributed by atoms with Crippen molar-refractivity contribution < 1.29 is 0 Å². The fourth-order valence-electron chi connectivity index (χ4n) is 1.78. The molecule has 1 rings (SSSR count). The highest BCUT2D eigenvalue weighted by molar-refractivity contribution is 9.10. The Morgan fingerprint density at radius 3 is 2.50 bits per heavy atom. The standard InChI is InChI=1S/C15H21BrN2/c1-12(13-5-7-14(16)8-6-13)18-11-15(2,3)9-4-10-17/h5-8,12,18H,4,9,11H2,1-3H3/t12-/m0/s1. The minimum Gasteiger partial charge on any atom is -0.310 e. The summed E-state index contributed by atoms with van der Waals surface area (Å²) >= 11 is 3.44. The van der Waals surface area contributed by atoms with Gasteiger partial charge in [0.1, 0.15) is 0 Å². The van der Waals surface area contributed by atoms with E-state index in [1.54, 1.807) is 0 Å². The van der Waals surface area contributed by atoms with Gasteiger partial charge in [-0.2, -0.15) is 5.26 Å². The lowest BCUT2D eigenvalue weighted by molar-refractivity contribution is 0.305. The number of benzene rings is 1. The maximum atomic E-state index is 8.64. The van der Waals surface area contributed by atoms with Crippen LogP contribution in [-0.2, 0) is 0 Å². The summed E-state index contributed by atoms with van der Waals surface area (Å²) in [5.41, 5.74) is 1.45. The molecule has 0 saturated heterocycles. The molecule has 1 N–H and O–H groups in total. The molecule has 98 valence electrons. The van der Waals surface area contributed by atoms with Crippen LogP contribution in [0.1, 0.15) is 45.2 Å². The average Bonchev–Trinajstić information content (AvgIpc) is 2.35. The van der Waals surface area contributed by atoms with Crippen LogP contribution in [0, 0.1) is 16.7 Å². The van der Waals surface area contributed by atoms with Crippen molar-refractivity contribution >= 4 is 15.9 Å². The second kappa shape index (κ2) is 6.92. The molecule has 0 saturated carbocycles. The third-order valence-electron chi connectivity index (χ3n) is 3.17. The zero-order valence-electron chi connectivity index (χ0n) is 11.3. The summed E-state index contributed by atoms with van der Waals surface area (Å²) in [6, 6.07) is 10.9. The topological polar surface area (TPSA) is 35.8 Å². The zero-order chi connectivity index (χ0) is 13.6. The van der Waals surface area contributed by atoms with Crippen molar-refractivity contribution in [1.82, 2.24) is 5.32 Å². The van der Waals surface area contributed by atoms with Crippen LogP contribution in [0.25, 0.3) is 0 Å². The van der Waals surface area contributed by atoms with Crippen LogP contribution in [0.15, 0.2) is 28.7 Å². The molecule has 0 radical (unpaired) electrons. The largest absolute Gasteiger partial charge is 0.310 e. The number of nitrogens with zero attached hydrogens (tertiary/aromatic N) is 1. The lowest BCUT2D eigenvalue weighted by atomic mass is 9.87. The molecule has 0 aliphatic heterocycles. The molecule has 1 aromatic rings. The van der Waals surface area contributed by atoms with Gasteiger partial charge in [0.25, 0.3) is 0 Å². The van der Waals surface area contributed by atoms with Crippen LogP contribution in [-0.4, -0.2) is 6.54 Å². The van der Waals surface area contributed by atoms with Crippen molar-refractivity contribution in [3.05, 3.63) is 34.3 Å². The molecule has 18 heavy (non-hydrogen) atoms. The number of halogens is 1. The predicted octanol–water partition coefficient (Wildman–Crippen LogP) is 4.43. The molecule has 0 aliphatic rings. The number of nitrogens with one attached hydrogen (secondary N) is 1. The molecule has 1 atom stereocenters. The molecule has 3 heteroatoms. The first kappa shape index (κ1) is 15.2. The second-order valence-corrected chi connectivity index (χ2v) is 6.39. The Kier molecular flexibility index (Phi) is 5.84. The van der Waals surface area contributed by atoms with E-state index in [0.29, 0.717) is 12.5 Å². The minimum atomic E-state index is 0.166. The maximum absolute atomic E-state index is 8.64. The summed E-state index contributed by atoms with van der Waals surface area (Å²) in [7, 11) is 0. The number of rotatable bonds is 6. The Morgan fingerprint density at radius 2 is 1.94 bits per heavy atom. The van der Waals surface area contributed by atoms with Gasteiger partial charge < -0.3 is 5.32 Å². The monoisotopic (exact) mass is 308 g/mol. The average molecular weight is 309 g/mol. The van der Waals surface area contributed by atoms with Gasteiger partial charge in [-0.1, -0.05) is 41.9 Å². The Hall–Kier alpha value is -0.850. The van der Waals surface area contributed by atoms with Gasteiger partial charge in [-0.25, -0.2) is 0 Å². The van der Waals surface area contributed by atoms with E-state index in [1.807, 2.05) is 0 Å². The molecule has 2 nitrogen and oxygen atoms in total. The first-order valence-electron chi connectivity index (χ1n) is 6.30. The van der Waals surface area contributed by atoms with Crippen molar-refractivity contribution in [1.29, 1.82) is 5.26 Å². The first-order valence-corrected chi connectivity index (χ1v) is 7.10. The Labute approximate surface area is 119 Å². The lowest BCUT2D eigenvalue weighted by Crippen LogP contribution is -2.31. The molecule has 1 aromatic carbocycles. The van der Waals surface area contributed by atoms with Crippen LogP contribution in [0.2, 0.25) is 0 Å². The molecule has 0 amide bonds. The van der Waals surface area contributed by atoms with Gasteiger partial charge >= 0.3 is 0 Å². The molecule has 0 unspecified atom stereocenters. The Balaban J connectivity index is 2.48. The highest BCUT2D eigenvalue weighted by Crippen LogP contribution is 2.23. The quantitative estimate of drug-likeness (QED) is 0.844. The van der Waals surface area contributed by atoms with Crippen LogP contribution in [0.5, 0.6) is 0 Å². The Morgan fingerprint density at radius 1 is 1.33 bits per heavy atom. The van der Waals surface area contributed by atoms with Crippen molar-refractivity contribution in [2.75, 3.05) is 6.54 Å². The summed E-state index contributed by atoms with van der Waals surface area (Å²) in [6.45, 7) is 7.49. The van der Waals surface area contributed by atoms with E-state index in [0.717, 1.165) is 17.4 Å². The van der Waals surface area contributed by atoms with Gasteiger partial charge in [-0.15, -0.1) is 0 Å². The highest BCUT2D eigenvalue weighted by atomic mass is 79.9. The van der Waals surface area contributed by atoms with E-state index in [1.165, 1.54) is 5.56 Å². The SMILES string of the molecule is C[C@H](NCC(C)(C)CCC#N)c1ccc(Br)cc1. The van der Waals surface area contributed by atoms with E-state index in [2.05, 4.69) is 72.4 Å². The van der Waals surface area contributed by atoms with E-state index in [9.17, 15) is 0 Å². The van der Waals surface area contributed by atoms with Gasteiger partial charge in [0.2, 0.25) is 0 Å². The van der Waals surface area contributed by atoms with Gasteiger partial charge in [-0.3, -0.25) is 0 Å². The molecular weight excluding hydrogens is 288 g/mol. The van der Waals surface area contributed by atoms with Crippen LogP contribution in [0.3, 0.4) is 0 Å². The highest BCUT2D eigenvalue weighted by Gasteiger charge is 2.18. The third-order valence-corrected chi connectivity index (χ3v) is 3.70. The van der Waals surface area contributed by atoms with E-state index in [4.69, 9.17) is 5.26 Å². The van der Waals surface area contributed by atoms with Gasteiger partial charge in [0.15, 0.2) is 0 Å². The minimum absolute atomic E-state index is 0.166. The van der Waals surface area contributed by atoms with Crippen molar-refractivity contribution in [2.45, 2.75) is 39.7 Å². The molecule has 0 aromatic heterocycles. The second-order valence-electron chi connectivity index (χ2n) is 5.48. The molecule has 0 heterocycles. The number of nitriles is 1. The van der Waals surface area contributed by atoms with Crippen LogP contribution >= 0.6 is 15.9 Å². The predicted molar refractivity (Wildman–Crippen MR) is 79.2 cm³/mol. The normalized spacial score (nSPS) is 13.1. The molecule has 0 aliphatic carbocycles. The van der Waals surface area contributed by atoms with Gasteiger partial charge in [0, 0.05) is 23.5 Å². The Bertz CT molecular complexity index is 403. The van der Waals surface area contributed by atoms with E-state index >= 15 is 0 Å². The first-order chi connectivity index (χ1) is 8.44. The summed E-state index contributed by atoms with van der Waals surface area (Å²) in [6.07, 6.45) is 1.56.